The number of halogens is 1. The van der Waals surface area contributed by atoms with Crippen LogP contribution in [0.1, 0.15) is 29.7 Å². The molecule has 144 valence electrons. The van der Waals surface area contributed by atoms with E-state index in [1.165, 1.54) is 4.68 Å². The molecule has 8 heteroatoms. The number of nitrogens with zero attached hydrogens (tertiary/aromatic N) is 4. The van der Waals surface area contributed by atoms with Crippen molar-refractivity contribution in [2.24, 2.45) is 0 Å². The number of nitrogens with one attached hydrogen (secondary N) is 1. The summed E-state index contributed by atoms with van der Waals surface area (Å²) in [6.07, 6.45) is 5.49. The summed E-state index contributed by atoms with van der Waals surface area (Å²) in [5.41, 5.74) is 2.65. The summed E-state index contributed by atoms with van der Waals surface area (Å²) in [5.74, 6) is 0.231. The number of aryl methyl sites for hydroxylation is 2. The van der Waals surface area contributed by atoms with E-state index in [0.717, 1.165) is 42.5 Å². The Bertz CT molecular complexity index is 1070. The van der Waals surface area contributed by atoms with Crippen LogP contribution in [0.15, 0.2) is 47.4 Å². The van der Waals surface area contributed by atoms with Gasteiger partial charge in [0.05, 0.1) is 18.4 Å². The maximum atomic E-state index is 12.5. The van der Waals surface area contributed by atoms with E-state index in [0.29, 0.717) is 17.4 Å². The molecule has 3 aromatic rings. The Morgan fingerprint density at radius 2 is 2.00 bits per heavy atom. The van der Waals surface area contributed by atoms with Crippen molar-refractivity contribution in [1.82, 2.24) is 19.6 Å². The van der Waals surface area contributed by atoms with Crippen molar-refractivity contribution in [2.45, 2.75) is 38.8 Å². The molecule has 28 heavy (non-hydrogen) atoms. The molecule has 1 amide bonds. The van der Waals surface area contributed by atoms with Crippen LogP contribution >= 0.6 is 11.6 Å². The van der Waals surface area contributed by atoms with Crippen LogP contribution in [0.4, 0.5) is 5.82 Å². The number of benzene rings is 1. The number of carbonyl (C=O) groups is 1. The van der Waals surface area contributed by atoms with E-state index in [1.807, 2.05) is 18.2 Å². The van der Waals surface area contributed by atoms with E-state index in [2.05, 4.69) is 15.5 Å². The third-order valence-corrected chi connectivity index (χ3v) is 5.01. The highest BCUT2D eigenvalue weighted by molar-refractivity contribution is 6.30. The highest BCUT2D eigenvalue weighted by Crippen LogP contribution is 2.17. The molecule has 0 saturated carbocycles. The highest BCUT2D eigenvalue weighted by Gasteiger charge is 2.15. The van der Waals surface area contributed by atoms with Gasteiger partial charge in [-0.3, -0.25) is 9.59 Å². The summed E-state index contributed by atoms with van der Waals surface area (Å²) in [7, 11) is 0. The van der Waals surface area contributed by atoms with E-state index in [4.69, 9.17) is 11.6 Å². The molecule has 4 rings (SSSR count). The van der Waals surface area contributed by atoms with Crippen LogP contribution in [0.2, 0.25) is 5.02 Å². The molecular formula is C20H20ClN5O2. The van der Waals surface area contributed by atoms with Gasteiger partial charge in [-0.05, 0) is 48.9 Å². The van der Waals surface area contributed by atoms with E-state index >= 15 is 0 Å². The number of amides is 1. The lowest BCUT2D eigenvalue weighted by Crippen LogP contribution is -2.31. The molecule has 1 aliphatic rings. The fourth-order valence-electron chi connectivity index (χ4n) is 3.41. The van der Waals surface area contributed by atoms with Crippen molar-refractivity contribution in [1.29, 1.82) is 0 Å². The SMILES string of the molecule is O=C(Cn1nc2c(cc1=O)CCCC2)Nc1ccnn1Cc1cccc(Cl)c1. The van der Waals surface area contributed by atoms with E-state index in [9.17, 15) is 9.59 Å². The Labute approximate surface area is 166 Å². The zero-order valence-corrected chi connectivity index (χ0v) is 16.0. The van der Waals surface area contributed by atoms with Crippen LogP contribution in [0.3, 0.4) is 0 Å². The number of rotatable bonds is 5. The Balaban J connectivity index is 1.46. The van der Waals surface area contributed by atoms with Crippen molar-refractivity contribution in [3.63, 3.8) is 0 Å². The van der Waals surface area contributed by atoms with Gasteiger partial charge in [0.25, 0.3) is 5.56 Å². The van der Waals surface area contributed by atoms with Gasteiger partial charge >= 0.3 is 0 Å². The number of carbonyl (C=O) groups excluding carboxylic acids is 1. The maximum Gasteiger partial charge on any atom is 0.267 e. The summed E-state index contributed by atoms with van der Waals surface area (Å²) in [5, 5.41) is 12.1. The molecule has 1 aromatic carbocycles. The Hall–Kier alpha value is -2.93. The third kappa shape index (κ3) is 4.14. The Morgan fingerprint density at radius 3 is 2.86 bits per heavy atom. The largest absolute Gasteiger partial charge is 0.309 e. The fraction of sp³-hybridized carbons (Fsp3) is 0.300. The first-order chi connectivity index (χ1) is 13.6. The molecule has 0 aliphatic heterocycles. The molecule has 1 aliphatic carbocycles. The minimum Gasteiger partial charge on any atom is -0.309 e. The van der Waals surface area contributed by atoms with Crippen molar-refractivity contribution in [3.05, 3.63) is 74.8 Å². The average molecular weight is 398 g/mol. The van der Waals surface area contributed by atoms with E-state index < -0.39 is 0 Å². The molecule has 7 nitrogen and oxygen atoms in total. The Morgan fingerprint density at radius 1 is 1.14 bits per heavy atom. The number of anilines is 1. The summed E-state index contributed by atoms with van der Waals surface area (Å²) >= 11 is 6.03. The van der Waals surface area contributed by atoms with E-state index in [1.54, 1.807) is 29.1 Å². The van der Waals surface area contributed by atoms with Crippen LogP contribution in [0, 0.1) is 0 Å². The van der Waals surface area contributed by atoms with Crippen molar-refractivity contribution in [2.75, 3.05) is 5.32 Å². The molecule has 0 bridgehead atoms. The zero-order valence-electron chi connectivity index (χ0n) is 15.3. The lowest BCUT2D eigenvalue weighted by molar-refractivity contribution is -0.117. The van der Waals surface area contributed by atoms with Gasteiger partial charge in [0.15, 0.2) is 0 Å². The molecule has 0 radical (unpaired) electrons. The van der Waals surface area contributed by atoms with Crippen molar-refractivity contribution >= 4 is 23.3 Å². The summed E-state index contributed by atoms with van der Waals surface area (Å²) in [6.45, 7) is 0.342. The second kappa shape index (κ2) is 7.98. The molecule has 2 aromatic heterocycles. The molecule has 2 heterocycles. The van der Waals surface area contributed by atoms with Crippen LogP contribution in [0.25, 0.3) is 0 Å². The van der Waals surface area contributed by atoms with Gasteiger partial charge in [-0.2, -0.15) is 10.2 Å². The second-order valence-electron chi connectivity index (χ2n) is 6.87. The fourth-order valence-corrected chi connectivity index (χ4v) is 3.62. The first kappa shape index (κ1) is 18.4. The summed E-state index contributed by atoms with van der Waals surface area (Å²) in [6, 6.07) is 10.8. The summed E-state index contributed by atoms with van der Waals surface area (Å²) < 4.78 is 2.91. The topological polar surface area (TPSA) is 81.8 Å². The number of hydrogen-bond donors (Lipinski definition) is 1. The quantitative estimate of drug-likeness (QED) is 0.717. The summed E-state index contributed by atoms with van der Waals surface area (Å²) in [4.78, 5) is 24.7. The third-order valence-electron chi connectivity index (χ3n) is 4.77. The molecule has 0 fully saturated rings. The number of hydrogen-bond acceptors (Lipinski definition) is 4. The number of aromatic nitrogens is 4. The van der Waals surface area contributed by atoms with Crippen LogP contribution in [-0.4, -0.2) is 25.5 Å². The van der Waals surface area contributed by atoms with Gasteiger partial charge in [-0.25, -0.2) is 9.36 Å². The van der Waals surface area contributed by atoms with E-state index in [-0.39, 0.29) is 18.0 Å². The standard InChI is InChI=1S/C20H20ClN5O2/c21-16-6-3-4-14(10-16)12-25-18(8-9-22-25)23-19(27)13-26-20(28)11-15-5-1-2-7-17(15)24-26/h3-4,6,8-11H,1-2,5,7,12-13H2,(H,23,27). The van der Waals surface area contributed by atoms with Crippen LogP contribution in [-0.2, 0) is 30.7 Å². The smallest absolute Gasteiger partial charge is 0.267 e. The first-order valence-electron chi connectivity index (χ1n) is 9.24. The zero-order chi connectivity index (χ0) is 19.5. The average Bonchev–Trinajstić information content (AvgIpc) is 3.09. The number of fused-ring (bicyclic) bond motifs is 1. The lowest BCUT2D eigenvalue weighted by atomic mass is 9.97. The molecule has 0 atom stereocenters. The minimum atomic E-state index is -0.321. The lowest BCUT2D eigenvalue weighted by Gasteiger charge is -2.16. The van der Waals surface area contributed by atoms with Crippen molar-refractivity contribution in [3.8, 4) is 0 Å². The van der Waals surface area contributed by atoms with Gasteiger partial charge in [0, 0.05) is 17.2 Å². The monoisotopic (exact) mass is 397 g/mol. The van der Waals surface area contributed by atoms with Gasteiger partial charge in [0.1, 0.15) is 12.4 Å². The van der Waals surface area contributed by atoms with Gasteiger partial charge in [0.2, 0.25) is 5.91 Å². The van der Waals surface area contributed by atoms with Gasteiger partial charge in [-0.1, -0.05) is 23.7 Å². The molecular weight excluding hydrogens is 378 g/mol. The van der Waals surface area contributed by atoms with Crippen molar-refractivity contribution < 1.29 is 4.79 Å². The van der Waals surface area contributed by atoms with Crippen LogP contribution in [0.5, 0.6) is 0 Å². The van der Waals surface area contributed by atoms with Gasteiger partial charge < -0.3 is 5.32 Å². The predicted molar refractivity (Wildman–Crippen MR) is 107 cm³/mol. The highest BCUT2D eigenvalue weighted by atomic mass is 35.5. The molecule has 1 N–H and O–H groups in total. The predicted octanol–water partition coefficient (Wildman–Crippen LogP) is 2.66. The molecule has 0 unspecified atom stereocenters. The maximum absolute atomic E-state index is 12.5. The van der Waals surface area contributed by atoms with Crippen LogP contribution < -0.4 is 10.9 Å². The minimum absolute atomic E-state index is 0.130. The Kier molecular flexibility index (Phi) is 5.25. The molecule has 0 saturated heterocycles. The normalized spacial score (nSPS) is 13.2. The first-order valence-corrected chi connectivity index (χ1v) is 9.62. The second-order valence-corrected chi connectivity index (χ2v) is 7.31. The van der Waals surface area contributed by atoms with Gasteiger partial charge in [-0.15, -0.1) is 0 Å². The molecule has 0 spiro atoms.